The summed E-state index contributed by atoms with van der Waals surface area (Å²) in [4.78, 5) is 13.3. The summed E-state index contributed by atoms with van der Waals surface area (Å²) in [7, 11) is 1.22. The molecule has 0 N–H and O–H groups in total. The molecular formula is C14H14ClF3N2O2. The van der Waals surface area contributed by atoms with E-state index in [9.17, 15) is 18.0 Å². The van der Waals surface area contributed by atoms with Gasteiger partial charge in [-0.25, -0.2) is 9.21 Å². The van der Waals surface area contributed by atoms with Crippen LogP contribution < -0.4 is 0 Å². The van der Waals surface area contributed by atoms with Crippen LogP contribution in [0.2, 0.25) is 0 Å². The lowest BCUT2D eigenvalue weighted by Gasteiger charge is -2.38. The highest BCUT2D eigenvalue weighted by Crippen LogP contribution is 2.43. The van der Waals surface area contributed by atoms with E-state index in [1.807, 2.05) is 0 Å². The number of carbonyl (C=O) groups is 1. The number of halogens is 4. The maximum atomic E-state index is 13.2. The number of hydrogen-bond donors (Lipinski definition) is 0. The van der Waals surface area contributed by atoms with Crippen molar-refractivity contribution in [1.29, 1.82) is 0 Å². The minimum Gasteiger partial charge on any atom is -0.453 e. The SMILES string of the molecule is COC(=O)N1Cc2c(cccc2C(F)(F)F)[C@H]2CN(Cl)C[C@@H]21. The number of nitrogens with zero attached hydrogens (tertiary/aromatic N) is 2. The number of hydrogen-bond acceptors (Lipinski definition) is 3. The second-order valence-electron chi connectivity index (χ2n) is 5.47. The van der Waals surface area contributed by atoms with E-state index in [2.05, 4.69) is 0 Å². The Kier molecular flexibility index (Phi) is 3.72. The predicted molar refractivity (Wildman–Crippen MR) is 73.3 cm³/mol. The van der Waals surface area contributed by atoms with Crippen LogP contribution in [0.1, 0.15) is 22.6 Å². The lowest BCUT2D eigenvalue weighted by atomic mass is 9.83. The van der Waals surface area contributed by atoms with Crippen molar-refractivity contribution in [1.82, 2.24) is 9.32 Å². The van der Waals surface area contributed by atoms with Crippen molar-refractivity contribution < 1.29 is 22.7 Å². The van der Waals surface area contributed by atoms with Gasteiger partial charge in [0.15, 0.2) is 0 Å². The lowest BCUT2D eigenvalue weighted by molar-refractivity contribution is -0.138. The van der Waals surface area contributed by atoms with Gasteiger partial charge in [0.05, 0.1) is 25.3 Å². The van der Waals surface area contributed by atoms with Crippen LogP contribution in [0.3, 0.4) is 0 Å². The zero-order valence-electron chi connectivity index (χ0n) is 11.7. The first kappa shape index (κ1) is 15.4. The van der Waals surface area contributed by atoms with Crippen molar-refractivity contribution in [3.05, 3.63) is 34.9 Å². The zero-order chi connectivity index (χ0) is 16.1. The number of methoxy groups -OCH3 is 1. The first-order valence-corrected chi connectivity index (χ1v) is 7.11. The highest BCUT2D eigenvalue weighted by atomic mass is 35.5. The molecule has 2 atom stereocenters. The molecule has 2 aliphatic heterocycles. The molecule has 1 aromatic rings. The van der Waals surface area contributed by atoms with Crippen LogP contribution in [-0.2, 0) is 17.5 Å². The van der Waals surface area contributed by atoms with Crippen LogP contribution in [0.15, 0.2) is 18.2 Å². The van der Waals surface area contributed by atoms with Gasteiger partial charge in [-0.15, -0.1) is 0 Å². The predicted octanol–water partition coefficient (Wildman–Crippen LogP) is 3.21. The van der Waals surface area contributed by atoms with Crippen LogP contribution in [0.4, 0.5) is 18.0 Å². The summed E-state index contributed by atoms with van der Waals surface area (Å²) in [6.07, 6.45) is -5.09. The highest BCUT2D eigenvalue weighted by Gasteiger charge is 2.46. The number of ether oxygens (including phenoxy) is 1. The number of alkyl halides is 3. The maximum Gasteiger partial charge on any atom is 0.416 e. The Balaban J connectivity index is 2.11. The molecule has 0 saturated carbocycles. The van der Waals surface area contributed by atoms with E-state index < -0.39 is 17.8 Å². The Labute approximate surface area is 130 Å². The number of amides is 1. The summed E-state index contributed by atoms with van der Waals surface area (Å²) >= 11 is 6.03. The summed E-state index contributed by atoms with van der Waals surface area (Å²) < 4.78 is 45.9. The van der Waals surface area contributed by atoms with Crippen LogP contribution >= 0.6 is 11.8 Å². The number of carbonyl (C=O) groups excluding carboxylic acids is 1. The molecule has 0 bridgehead atoms. The minimum absolute atomic E-state index is 0.121. The van der Waals surface area contributed by atoms with Gasteiger partial charge >= 0.3 is 12.3 Å². The van der Waals surface area contributed by atoms with Crippen LogP contribution in [-0.4, -0.2) is 41.7 Å². The summed E-state index contributed by atoms with van der Waals surface area (Å²) in [5.74, 6) is -0.248. The number of fused-ring (bicyclic) bond motifs is 3. The molecule has 1 amide bonds. The van der Waals surface area contributed by atoms with E-state index in [0.29, 0.717) is 18.7 Å². The van der Waals surface area contributed by atoms with E-state index in [1.54, 1.807) is 6.07 Å². The van der Waals surface area contributed by atoms with Gasteiger partial charge in [0.25, 0.3) is 0 Å². The Bertz CT molecular complexity index is 608. The zero-order valence-corrected chi connectivity index (χ0v) is 12.5. The fraction of sp³-hybridized carbons (Fsp3) is 0.500. The molecule has 0 aromatic heterocycles. The standard InChI is InChI=1S/C14H14ClF3N2O2/c1-22-13(21)20-6-9-8(10-5-19(15)7-12(10)20)3-2-4-11(9)14(16,17)18/h2-4,10,12H,5-7H2,1H3/t10-,12+/m1/s1. The highest BCUT2D eigenvalue weighted by molar-refractivity contribution is 6.13. The number of benzene rings is 1. The fourth-order valence-electron chi connectivity index (χ4n) is 3.36. The molecule has 22 heavy (non-hydrogen) atoms. The molecule has 8 heteroatoms. The third kappa shape index (κ3) is 2.42. The average Bonchev–Trinajstić information content (AvgIpc) is 2.85. The number of rotatable bonds is 0. The quantitative estimate of drug-likeness (QED) is 0.683. The first-order chi connectivity index (χ1) is 10.3. The largest absolute Gasteiger partial charge is 0.453 e. The summed E-state index contributed by atoms with van der Waals surface area (Å²) in [5, 5.41) is 0. The van der Waals surface area contributed by atoms with Gasteiger partial charge in [0.2, 0.25) is 0 Å². The molecular weight excluding hydrogens is 321 g/mol. The second-order valence-corrected chi connectivity index (χ2v) is 5.95. The molecule has 1 fully saturated rings. The minimum atomic E-state index is -4.46. The normalized spacial score (nSPS) is 24.9. The van der Waals surface area contributed by atoms with E-state index in [4.69, 9.17) is 16.5 Å². The topological polar surface area (TPSA) is 32.8 Å². The molecule has 1 aromatic carbocycles. The second kappa shape index (κ2) is 5.31. The third-order valence-electron chi connectivity index (χ3n) is 4.30. The maximum absolute atomic E-state index is 13.2. The van der Waals surface area contributed by atoms with E-state index in [-0.39, 0.29) is 24.1 Å². The van der Waals surface area contributed by atoms with Crippen molar-refractivity contribution in [3.8, 4) is 0 Å². The molecule has 1 saturated heterocycles. The van der Waals surface area contributed by atoms with Crippen molar-refractivity contribution in [2.45, 2.75) is 24.7 Å². The van der Waals surface area contributed by atoms with Gasteiger partial charge in [0, 0.05) is 19.0 Å². The third-order valence-corrected chi connectivity index (χ3v) is 4.58. The summed E-state index contributed by atoms with van der Waals surface area (Å²) in [6, 6.07) is 3.86. The van der Waals surface area contributed by atoms with Crippen LogP contribution in [0.25, 0.3) is 0 Å². The average molecular weight is 335 g/mol. The van der Waals surface area contributed by atoms with Crippen LogP contribution in [0.5, 0.6) is 0 Å². The summed E-state index contributed by atoms with van der Waals surface area (Å²) in [6.45, 7) is 0.675. The van der Waals surface area contributed by atoms with Gasteiger partial charge in [-0.2, -0.15) is 13.2 Å². The first-order valence-electron chi connectivity index (χ1n) is 6.77. The van der Waals surface area contributed by atoms with Gasteiger partial charge < -0.3 is 4.74 Å². The van der Waals surface area contributed by atoms with Gasteiger partial charge in [0.1, 0.15) is 0 Å². The van der Waals surface area contributed by atoms with Gasteiger partial charge in [-0.05, 0) is 29.0 Å². The Morgan fingerprint density at radius 2 is 2.09 bits per heavy atom. The Morgan fingerprint density at radius 3 is 2.73 bits per heavy atom. The molecule has 0 unspecified atom stereocenters. The molecule has 2 heterocycles. The monoisotopic (exact) mass is 334 g/mol. The van der Waals surface area contributed by atoms with Crippen molar-refractivity contribution >= 4 is 17.9 Å². The Morgan fingerprint density at radius 1 is 1.36 bits per heavy atom. The van der Waals surface area contributed by atoms with Crippen molar-refractivity contribution in [3.63, 3.8) is 0 Å². The molecule has 120 valence electrons. The molecule has 4 nitrogen and oxygen atoms in total. The van der Waals surface area contributed by atoms with E-state index in [0.717, 1.165) is 6.07 Å². The molecule has 0 radical (unpaired) electrons. The fourth-order valence-corrected chi connectivity index (χ4v) is 3.65. The van der Waals surface area contributed by atoms with E-state index in [1.165, 1.54) is 22.5 Å². The van der Waals surface area contributed by atoms with Crippen LogP contribution in [0, 0.1) is 0 Å². The van der Waals surface area contributed by atoms with Gasteiger partial charge in [-0.1, -0.05) is 12.1 Å². The van der Waals surface area contributed by atoms with E-state index >= 15 is 0 Å². The summed E-state index contributed by atoms with van der Waals surface area (Å²) in [5.41, 5.74) is 0.0436. The molecule has 0 aliphatic carbocycles. The molecule has 2 aliphatic rings. The molecule has 0 spiro atoms. The smallest absolute Gasteiger partial charge is 0.416 e. The lowest BCUT2D eigenvalue weighted by Crippen LogP contribution is -2.47. The Hall–Kier alpha value is -1.47. The van der Waals surface area contributed by atoms with Crippen molar-refractivity contribution in [2.75, 3.05) is 20.2 Å². The van der Waals surface area contributed by atoms with Crippen molar-refractivity contribution in [2.24, 2.45) is 0 Å². The van der Waals surface area contributed by atoms with Gasteiger partial charge in [-0.3, -0.25) is 4.90 Å². The molecule has 3 rings (SSSR count).